The van der Waals surface area contributed by atoms with Crippen molar-refractivity contribution in [3.05, 3.63) is 0 Å². The largest absolute Gasteiger partial charge is 0.464 e. The minimum atomic E-state index is -0.205. The number of esters is 1. The molecule has 0 amide bonds. The second-order valence-corrected chi connectivity index (χ2v) is 5.86. The van der Waals surface area contributed by atoms with Crippen LogP contribution < -0.4 is 0 Å². The molecule has 0 unspecified atom stereocenters. The van der Waals surface area contributed by atoms with Crippen LogP contribution in [0.5, 0.6) is 0 Å². The Balaban J connectivity index is 1.80. The summed E-state index contributed by atoms with van der Waals surface area (Å²) in [6, 6.07) is -0.205. The van der Waals surface area contributed by atoms with Gasteiger partial charge in [0.1, 0.15) is 6.04 Å². The third kappa shape index (κ3) is 3.93. The molecule has 0 aromatic rings. The molecule has 4 nitrogen and oxygen atoms in total. The summed E-state index contributed by atoms with van der Waals surface area (Å²) in [6.45, 7) is 2.63. The molecule has 0 N–H and O–H groups in total. The molecule has 0 radical (unpaired) electrons. The number of hydrogen-bond donors (Lipinski definition) is 0. The minimum Gasteiger partial charge on any atom is -0.464 e. The van der Waals surface area contributed by atoms with Gasteiger partial charge in [-0.25, -0.2) is 0 Å². The number of ether oxygens (including phenoxy) is 1. The highest BCUT2D eigenvalue weighted by molar-refractivity contribution is 5.75. The lowest BCUT2D eigenvalue weighted by Gasteiger charge is -2.26. The molecule has 1 aliphatic heterocycles. The van der Waals surface area contributed by atoms with Gasteiger partial charge in [0.05, 0.1) is 12.7 Å². The van der Waals surface area contributed by atoms with Crippen LogP contribution in [0.4, 0.5) is 0 Å². The maximum atomic E-state index is 12.0. The van der Waals surface area contributed by atoms with Gasteiger partial charge in [-0.3, -0.25) is 9.63 Å². The quantitative estimate of drug-likeness (QED) is 0.568. The first-order valence-corrected chi connectivity index (χ1v) is 7.78. The molecule has 1 heterocycles. The summed E-state index contributed by atoms with van der Waals surface area (Å²) in [5.41, 5.74) is 0. The summed E-state index contributed by atoms with van der Waals surface area (Å²) < 4.78 is 5.31. The third-order valence-corrected chi connectivity index (χ3v) is 4.39. The van der Waals surface area contributed by atoms with Crippen LogP contribution in [0.15, 0.2) is 0 Å². The van der Waals surface area contributed by atoms with E-state index in [1.165, 1.54) is 32.1 Å². The molecule has 19 heavy (non-hydrogen) atoms. The van der Waals surface area contributed by atoms with Gasteiger partial charge in [-0.05, 0) is 25.2 Å². The third-order valence-electron chi connectivity index (χ3n) is 4.39. The molecule has 2 fully saturated rings. The SMILES string of the molecule is CCCCOC(=O)[C@H]1C[C@H](C2CCCCC2)ON1C. The van der Waals surface area contributed by atoms with E-state index in [1.54, 1.807) is 5.06 Å². The highest BCUT2D eigenvalue weighted by Gasteiger charge is 2.40. The second-order valence-electron chi connectivity index (χ2n) is 5.86. The van der Waals surface area contributed by atoms with Crippen molar-refractivity contribution in [2.75, 3.05) is 13.7 Å². The summed E-state index contributed by atoms with van der Waals surface area (Å²) in [5.74, 6) is 0.513. The van der Waals surface area contributed by atoms with Gasteiger partial charge in [0.2, 0.25) is 0 Å². The fourth-order valence-corrected chi connectivity index (χ4v) is 3.14. The Morgan fingerprint density at radius 3 is 2.74 bits per heavy atom. The molecule has 4 heteroatoms. The van der Waals surface area contributed by atoms with Gasteiger partial charge in [-0.15, -0.1) is 0 Å². The Morgan fingerprint density at radius 2 is 2.05 bits per heavy atom. The number of nitrogens with zero attached hydrogens (tertiary/aromatic N) is 1. The number of carbonyl (C=O) groups is 1. The first-order chi connectivity index (χ1) is 9.22. The Labute approximate surface area is 116 Å². The number of carbonyl (C=O) groups excluding carboxylic acids is 1. The van der Waals surface area contributed by atoms with E-state index in [9.17, 15) is 4.79 Å². The molecule has 0 aromatic heterocycles. The lowest BCUT2D eigenvalue weighted by atomic mass is 9.83. The molecule has 2 rings (SSSR count). The van der Waals surface area contributed by atoms with Crippen molar-refractivity contribution >= 4 is 5.97 Å². The van der Waals surface area contributed by atoms with E-state index < -0.39 is 0 Å². The molecular formula is C15H27NO3. The van der Waals surface area contributed by atoms with Crippen molar-refractivity contribution in [2.24, 2.45) is 5.92 Å². The van der Waals surface area contributed by atoms with Crippen LogP contribution in [0.1, 0.15) is 58.3 Å². The average molecular weight is 269 g/mol. The van der Waals surface area contributed by atoms with Gasteiger partial charge >= 0.3 is 5.97 Å². The van der Waals surface area contributed by atoms with Crippen LogP contribution in [0.2, 0.25) is 0 Å². The topological polar surface area (TPSA) is 38.8 Å². The van der Waals surface area contributed by atoms with E-state index in [2.05, 4.69) is 6.92 Å². The van der Waals surface area contributed by atoms with Crippen LogP contribution in [0.3, 0.4) is 0 Å². The van der Waals surface area contributed by atoms with Gasteiger partial charge < -0.3 is 4.74 Å². The Morgan fingerprint density at radius 1 is 1.32 bits per heavy atom. The highest BCUT2D eigenvalue weighted by Crippen LogP contribution is 2.34. The van der Waals surface area contributed by atoms with E-state index >= 15 is 0 Å². The van der Waals surface area contributed by atoms with Crippen LogP contribution in [-0.2, 0) is 14.4 Å². The number of likely N-dealkylation sites (N-methyl/N-ethyl adjacent to an activating group) is 1. The predicted octanol–water partition coefficient (Wildman–Crippen LogP) is 2.91. The van der Waals surface area contributed by atoms with Crippen LogP contribution in [0.25, 0.3) is 0 Å². The predicted molar refractivity (Wildman–Crippen MR) is 73.5 cm³/mol. The molecule has 0 aromatic carbocycles. The molecular weight excluding hydrogens is 242 g/mol. The zero-order valence-electron chi connectivity index (χ0n) is 12.3. The number of unbranched alkanes of at least 4 members (excludes halogenated alkanes) is 1. The zero-order valence-corrected chi connectivity index (χ0v) is 12.3. The summed E-state index contributed by atoms with van der Waals surface area (Å²) in [7, 11) is 1.86. The van der Waals surface area contributed by atoms with Crippen molar-refractivity contribution in [2.45, 2.75) is 70.4 Å². The van der Waals surface area contributed by atoms with E-state index in [0.717, 1.165) is 19.3 Å². The molecule has 1 saturated heterocycles. The van der Waals surface area contributed by atoms with Crippen LogP contribution in [-0.4, -0.2) is 36.8 Å². The molecule has 2 atom stereocenters. The van der Waals surface area contributed by atoms with E-state index in [0.29, 0.717) is 12.5 Å². The number of rotatable bonds is 5. The van der Waals surface area contributed by atoms with Crippen molar-refractivity contribution in [3.63, 3.8) is 0 Å². The zero-order chi connectivity index (χ0) is 13.7. The Bertz CT molecular complexity index is 289. The molecule has 2 aliphatic rings. The fourth-order valence-electron chi connectivity index (χ4n) is 3.14. The smallest absolute Gasteiger partial charge is 0.325 e. The van der Waals surface area contributed by atoms with E-state index in [4.69, 9.17) is 9.57 Å². The second kappa shape index (κ2) is 7.25. The normalized spacial score (nSPS) is 29.6. The van der Waals surface area contributed by atoms with E-state index in [-0.39, 0.29) is 18.1 Å². The molecule has 0 spiro atoms. The van der Waals surface area contributed by atoms with Crippen molar-refractivity contribution in [3.8, 4) is 0 Å². The highest BCUT2D eigenvalue weighted by atomic mass is 16.7. The van der Waals surface area contributed by atoms with Crippen molar-refractivity contribution < 1.29 is 14.4 Å². The monoisotopic (exact) mass is 269 g/mol. The summed E-state index contributed by atoms with van der Waals surface area (Å²) in [4.78, 5) is 17.9. The van der Waals surface area contributed by atoms with Gasteiger partial charge in [0.25, 0.3) is 0 Å². The van der Waals surface area contributed by atoms with Crippen LogP contribution in [0, 0.1) is 5.92 Å². The van der Waals surface area contributed by atoms with Crippen molar-refractivity contribution in [1.29, 1.82) is 0 Å². The molecule has 110 valence electrons. The molecule has 0 bridgehead atoms. The lowest BCUT2D eigenvalue weighted by molar-refractivity contribution is -0.178. The average Bonchev–Trinajstić information content (AvgIpc) is 2.82. The van der Waals surface area contributed by atoms with Gasteiger partial charge in [-0.1, -0.05) is 32.6 Å². The van der Waals surface area contributed by atoms with Crippen molar-refractivity contribution in [1.82, 2.24) is 5.06 Å². The molecule has 1 aliphatic carbocycles. The minimum absolute atomic E-state index is 0.116. The van der Waals surface area contributed by atoms with E-state index in [1.807, 2.05) is 7.05 Å². The van der Waals surface area contributed by atoms with Gasteiger partial charge in [0.15, 0.2) is 0 Å². The fraction of sp³-hybridized carbons (Fsp3) is 0.933. The van der Waals surface area contributed by atoms with Gasteiger partial charge in [-0.2, -0.15) is 5.06 Å². The number of hydrogen-bond acceptors (Lipinski definition) is 4. The maximum absolute atomic E-state index is 12.0. The van der Waals surface area contributed by atoms with Gasteiger partial charge in [0, 0.05) is 13.5 Å². The number of hydroxylamine groups is 2. The first-order valence-electron chi connectivity index (χ1n) is 7.78. The molecule has 1 saturated carbocycles. The summed E-state index contributed by atoms with van der Waals surface area (Å²) >= 11 is 0. The summed E-state index contributed by atoms with van der Waals surface area (Å²) in [5, 5.41) is 1.72. The van der Waals surface area contributed by atoms with Crippen LogP contribution >= 0.6 is 0 Å². The Kier molecular flexibility index (Phi) is 5.64. The maximum Gasteiger partial charge on any atom is 0.325 e. The lowest BCUT2D eigenvalue weighted by Crippen LogP contribution is -2.33. The Hall–Kier alpha value is -0.610. The standard InChI is InChI=1S/C15H27NO3/c1-3-4-10-18-15(17)13-11-14(19-16(13)2)12-8-6-5-7-9-12/h12-14H,3-11H2,1-2H3/t13-,14-/m1/s1. The first kappa shape index (κ1) is 14.8. The summed E-state index contributed by atoms with van der Waals surface area (Å²) in [6.07, 6.45) is 9.46.